The molecule has 4 nitrogen and oxygen atoms in total. The first kappa shape index (κ1) is 14.1. The quantitative estimate of drug-likeness (QED) is 0.848. The van der Waals surface area contributed by atoms with Crippen LogP contribution in [0.25, 0.3) is 0 Å². The largest absolute Gasteiger partial charge is 0.389 e. The molecule has 2 rings (SSSR count). The lowest BCUT2D eigenvalue weighted by atomic mass is 10.1. The number of halogens is 2. The monoisotopic (exact) mass is 278 g/mol. The minimum Gasteiger partial charge on any atom is -0.389 e. The summed E-state index contributed by atoms with van der Waals surface area (Å²) in [6.07, 6.45) is 0.207. The van der Waals surface area contributed by atoms with Gasteiger partial charge in [0.2, 0.25) is 5.95 Å². The summed E-state index contributed by atoms with van der Waals surface area (Å²) in [5.74, 6) is -3.45. The van der Waals surface area contributed by atoms with E-state index in [1.165, 1.54) is 6.92 Å². The van der Waals surface area contributed by atoms with Crippen molar-refractivity contribution in [2.24, 2.45) is 0 Å². The predicted octanol–water partition coefficient (Wildman–Crippen LogP) is 2.67. The van der Waals surface area contributed by atoms with E-state index in [2.05, 4.69) is 10.3 Å². The molecule has 1 aromatic carbocycles. The zero-order valence-electron chi connectivity index (χ0n) is 10.6. The number of aromatic nitrogens is 1. The Balaban J connectivity index is 2.31. The van der Waals surface area contributed by atoms with Gasteiger partial charge in [-0.15, -0.1) is 0 Å². The van der Waals surface area contributed by atoms with Crippen molar-refractivity contribution in [3.8, 4) is 0 Å². The molecule has 0 aliphatic carbocycles. The summed E-state index contributed by atoms with van der Waals surface area (Å²) < 4.78 is 26.4. The molecule has 2 N–H and O–H groups in total. The van der Waals surface area contributed by atoms with Gasteiger partial charge in [-0.3, -0.25) is 4.79 Å². The summed E-state index contributed by atoms with van der Waals surface area (Å²) in [5.41, 5.74) is 0.373. The molecule has 0 bridgehead atoms. The fourth-order valence-electron chi connectivity index (χ4n) is 1.76. The molecular formula is C14H12F2N2O2. The van der Waals surface area contributed by atoms with Crippen LogP contribution in [-0.4, -0.2) is 16.0 Å². The van der Waals surface area contributed by atoms with Crippen molar-refractivity contribution in [2.45, 2.75) is 13.0 Å². The van der Waals surface area contributed by atoms with Crippen molar-refractivity contribution in [3.63, 3.8) is 0 Å². The standard InChI is InChI=1S/C14H12F2N2O2/c1-8(19)9-4-2-3-5-11(9)18-14(20)10-6-7-17-13(16)12(10)15/h2-8,19H,1H3,(H,18,20). The van der Waals surface area contributed by atoms with Crippen molar-refractivity contribution < 1.29 is 18.7 Å². The van der Waals surface area contributed by atoms with E-state index in [1.54, 1.807) is 24.3 Å². The van der Waals surface area contributed by atoms with Crippen LogP contribution < -0.4 is 5.32 Å². The van der Waals surface area contributed by atoms with E-state index in [0.29, 0.717) is 11.3 Å². The second kappa shape index (κ2) is 5.75. The van der Waals surface area contributed by atoms with Crippen molar-refractivity contribution in [1.29, 1.82) is 0 Å². The second-order valence-corrected chi connectivity index (χ2v) is 4.18. The van der Waals surface area contributed by atoms with Crippen molar-refractivity contribution in [3.05, 3.63) is 59.4 Å². The third kappa shape index (κ3) is 2.80. The number of aliphatic hydroxyl groups is 1. The van der Waals surface area contributed by atoms with E-state index in [9.17, 15) is 18.7 Å². The lowest BCUT2D eigenvalue weighted by Crippen LogP contribution is -2.16. The first-order valence-corrected chi connectivity index (χ1v) is 5.89. The molecule has 0 saturated carbocycles. The minimum atomic E-state index is -1.33. The van der Waals surface area contributed by atoms with Crippen molar-refractivity contribution in [2.75, 3.05) is 5.32 Å². The van der Waals surface area contributed by atoms with Crippen molar-refractivity contribution in [1.82, 2.24) is 4.98 Å². The first-order valence-electron chi connectivity index (χ1n) is 5.89. The number of carbonyl (C=O) groups is 1. The van der Waals surface area contributed by atoms with E-state index in [-0.39, 0.29) is 0 Å². The average Bonchev–Trinajstić information content (AvgIpc) is 2.42. The van der Waals surface area contributed by atoms with Crippen LogP contribution in [0.4, 0.5) is 14.5 Å². The number of hydrogen-bond acceptors (Lipinski definition) is 3. The lowest BCUT2D eigenvalue weighted by Gasteiger charge is -2.13. The highest BCUT2D eigenvalue weighted by Crippen LogP contribution is 2.23. The number of hydrogen-bond donors (Lipinski definition) is 2. The summed E-state index contributed by atoms with van der Waals surface area (Å²) in [6, 6.07) is 7.63. The van der Waals surface area contributed by atoms with Crippen LogP contribution in [0.15, 0.2) is 36.5 Å². The fraction of sp³-hybridized carbons (Fsp3) is 0.143. The number of amides is 1. The molecule has 1 unspecified atom stereocenters. The summed E-state index contributed by atoms with van der Waals surface area (Å²) in [5, 5.41) is 12.0. The third-order valence-corrected chi connectivity index (χ3v) is 2.75. The Morgan fingerprint density at radius 2 is 2.00 bits per heavy atom. The van der Waals surface area contributed by atoms with Crippen LogP contribution in [0, 0.1) is 11.8 Å². The number of aliphatic hydroxyl groups excluding tert-OH is 1. The number of anilines is 1. The fourth-order valence-corrected chi connectivity index (χ4v) is 1.76. The van der Waals surface area contributed by atoms with Crippen LogP contribution in [-0.2, 0) is 0 Å². The Bertz CT molecular complexity index is 645. The maximum absolute atomic E-state index is 13.5. The molecule has 0 aliphatic rings. The molecular weight excluding hydrogens is 266 g/mol. The molecule has 1 heterocycles. The summed E-state index contributed by atoms with van der Waals surface area (Å²) in [7, 11) is 0. The smallest absolute Gasteiger partial charge is 0.258 e. The van der Waals surface area contributed by atoms with Crippen molar-refractivity contribution >= 4 is 11.6 Å². The third-order valence-electron chi connectivity index (χ3n) is 2.75. The zero-order chi connectivity index (χ0) is 14.7. The molecule has 0 aliphatic heterocycles. The molecule has 0 fully saturated rings. The topological polar surface area (TPSA) is 62.2 Å². The highest BCUT2D eigenvalue weighted by molar-refractivity contribution is 6.04. The van der Waals surface area contributed by atoms with Gasteiger partial charge < -0.3 is 10.4 Å². The number of rotatable bonds is 3. The van der Waals surface area contributed by atoms with Gasteiger partial charge in [-0.2, -0.15) is 4.39 Å². The van der Waals surface area contributed by atoms with Gasteiger partial charge >= 0.3 is 0 Å². The lowest BCUT2D eigenvalue weighted by molar-refractivity contribution is 0.102. The maximum atomic E-state index is 13.5. The summed E-state index contributed by atoms with van der Waals surface area (Å²) in [6.45, 7) is 1.54. The Labute approximate surface area is 114 Å². The molecule has 0 radical (unpaired) electrons. The number of nitrogens with zero attached hydrogens (tertiary/aromatic N) is 1. The Hall–Kier alpha value is -2.34. The minimum absolute atomic E-state index is 0.337. The normalized spacial score (nSPS) is 12.0. The number of nitrogens with one attached hydrogen (secondary N) is 1. The average molecular weight is 278 g/mol. The maximum Gasteiger partial charge on any atom is 0.258 e. The molecule has 104 valence electrons. The molecule has 6 heteroatoms. The van der Waals surface area contributed by atoms with Gasteiger partial charge in [0.25, 0.3) is 5.91 Å². The van der Waals surface area contributed by atoms with Gasteiger partial charge in [-0.05, 0) is 19.1 Å². The number of para-hydroxylation sites is 1. The molecule has 0 spiro atoms. The summed E-state index contributed by atoms with van der Waals surface area (Å²) >= 11 is 0. The zero-order valence-corrected chi connectivity index (χ0v) is 10.6. The molecule has 1 atom stereocenters. The Morgan fingerprint density at radius 1 is 1.30 bits per heavy atom. The van der Waals surface area contributed by atoms with Gasteiger partial charge in [0, 0.05) is 17.4 Å². The van der Waals surface area contributed by atoms with Crippen LogP contribution in [0.2, 0.25) is 0 Å². The van der Waals surface area contributed by atoms with Gasteiger partial charge in [-0.25, -0.2) is 9.37 Å². The highest BCUT2D eigenvalue weighted by atomic mass is 19.2. The summed E-state index contributed by atoms with van der Waals surface area (Å²) in [4.78, 5) is 15.0. The van der Waals surface area contributed by atoms with Crippen LogP contribution in [0.3, 0.4) is 0 Å². The van der Waals surface area contributed by atoms with Crippen LogP contribution in [0.1, 0.15) is 28.9 Å². The van der Waals surface area contributed by atoms with Gasteiger partial charge in [-0.1, -0.05) is 18.2 Å². The van der Waals surface area contributed by atoms with Gasteiger partial charge in [0.1, 0.15) is 0 Å². The Morgan fingerprint density at radius 3 is 2.70 bits per heavy atom. The van der Waals surface area contributed by atoms with Crippen LogP contribution >= 0.6 is 0 Å². The van der Waals surface area contributed by atoms with Gasteiger partial charge in [0.05, 0.1) is 11.7 Å². The predicted molar refractivity (Wildman–Crippen MR) is 69.2 cm³/mol. The molecule has 2 aromatic rings. The molecule has 20 heavy (non-hydrogen) atoms. The molecule has 1 aromatic heterocycles. The van der Waals surface area contributed by atoms with E-state index in [0.717, 1.165) is 12.3 Å². The first-order chi connectivity index (χ1) is 9.50. The second-order valence-electron chi connectivity index (χ2n) is 4.18. The highest BCUT2D eigenvalue weighted by Gasteiger charge is 2.17. The molecule has 1 amide bonds. The number of pyridine rings is 1. The van der Waals surface area contributed by atoms with E-state index >= 15 is 0 Å². The van der Waals surface area contributed by atoms with E-state index in [4.69, 9.17) is 0 Å². The number of benzene rings is 1. The Kier molecular flexibility index (Phi) is 4.05. The van der Waals surface area contributed by atoms with Gasteiger partial charge in [0.15, 0.2) is 5.82 Å². The van der Waals surface area contributed by atoms with E-state index in [1.807, 2.05) is 0 Å². The van der Waals surface area contributed by atoms with Crippen LogP contribution in [0.5, 0.6) is 0 Å². The van der Waals surface area contributed by atoms with E-state index < -0.39 is 29.3 Å². The number of carbonyl (C=O) groups excluding carboxylic acids is 1. The SMILES string of the molecule is CC(O)c1ccccc1NC(=O)c1ccnc(F)c1F. The molecule has 0 saturated heterocycles.